The second kappa shape index (κ2) is 11.6. The van der Waals surface area contributed by atoms with Gasteiger partial charge in [-0.05, 0) is 68.1 Å². The number of nitriles is 1. The van der Waals surface area contributed by atoms with E-state index in [1.165, 1.54) is 4.90 Å². The van der Waals surface area contributed by atoms with Gasteiger partial charge in [0.2, 0.25) is 17.8 Å². The van der Waals surface area contributed by atoms with Gasteiger partial charge in [-0.2, -0.15) is 5.26 Å². The first kappa shape index (κ1) is 25.1. The second-order valence-electron chi connectivity index (χ2n) is 8.62. The maximum absolute atomic E-state index is 13.2. The molecule has 36 heavy (non-hydrogen) atoms. The van der Waals surface area contributed by atoms with Crippen LogP contribution in [0.1, 0.15) is 30.6 Å². The highest BCUT2D eigenvalue weighted by Crippen LogP contribution is 2.23. The number of hydrogen-bond donors (Lipinski definition) is 3. The van der Waals surface area contributed by atoms with Gasteiger partial charge >= 0.3 is 0 Å². The van der Waals surface area contributed by atoms with Crippen molar-refractivity contribution in [1.29, 1.82) is 5.26 Å². The molecule has 2 aromatic carbocycles. The van der Waals surface area contributed by atoms with Gasteiger partial charge in [0.25, 0.3) is 0 Å². The highest BCUT2D eigenvalue weighted by molar-refractivity contribution is 6.30. The van der Waals surface area contributed by atoms with Crippen molar-refractivity contribution in [3.05, 3.63) is 64.9 Å². The normalized spacial score (nSPS) is 16.4. The first-order chi connectivity index (χ1) is 17.4. The number of nitrogens with zero attached hydrogens (tertiary/aromatic N) is 3. The minimum atomic E-state index is -0.709. The summed E-state index contributed by atoms with van der Waals surface area (Å²) in [6, 6.07) is 13.9. The number of hydrogen-bond acceptors (Lipinski definition) is 5. The number of carbonyl (C=O) groups is 2. The van der Waals surface area contributed by atoms with Crippen LogP contribution in [0.5, 0.6) is 0 Å². The molecule has 0 spiro atoms. The van der Waals surface area contributed by atoms with Crippen molar-refractivity contribution in [3.8, 4) is 6.19 Å². The molecule has 3 aromatic rings. The van der Waals surface area contributed by atoms with E-state index in [9.17, 15) is 14.9 Å². The molecule has 10 heteroatoms. The fourth-order valence-corrected chi connectivity index (χ4v) is 4.21. The molecule has 1 aliphatic rings. The summed E-state index contributed by atoms with van der Waals surface area (Å²) in [7, 11) is 0. The molecule has 4 rings (SSSR count). The molecule has 0 radical (unpaired) electrons. The van der Waals surface area contributed by atoms with Crippen LogP contribution in [0.25, 0.3) is 11.0 Å². The number of nitrogens with one attached hydrogen (secondary N) is 3. The van der Waals surface area contributed by atoms with Crippen molar-refractivity contribution in [2.24, 2.45) is 4.99 Å². The molecule has 1 aliphatic heterocycles. The Labute approximate surface area is 214 Å². The third-order valence-electron chi connectivity index (χ3n) is 5.85. The van der Waals surface area contributed by atoms with E-state index < -0.39 is 6.04 Å². The van der Waals surface area contributed by atoms with Crippen LogP contribution in [-0.4, -0.2) is 41.8 Å². The topological polar surface area (TPSA) is 123 Å². The lowest BCUT2D eigenvalue weighted by atomic mass is 10.1. The zero-order chi connectivity index (χ0) is 25.5. The van der Waals surface area contributed by atoms with Crippen LogP contribution in [0.3, 0.4) is 0 Å². The Hall–Kier alpha value is -4.03. The van der Waals surface area contributed by atoms with Crippen LogP contribution in [0.15, 0.2) is 57.9 Å². The van der Waals surface area contributed by atoms with E-state index in [1.807, 2.05) is 49.5 Å². The van der Waals surface area contributed by atoms with Crippen LogP contribution in [0.2, 0.25) is 5.02 Å². The maximum Gasteiger partial charge on any atom is 0.247 e. The SMILES string of the molecule is Cc1cc2cc(NC(=N[C@H]3CCCCN(CC(=O)NCc4ccc(Cl)cc4)C3=O)NC#N)ccc2o1. The fourth-order valence-electron chi connectivity index (χ4n) is 4.09. The minimum absolute atomic E-state index is 0.0522. The highest BCUT2D eigenvalue weighted by atomic mass is 35.5. The number of carbonyl (C=O) groups excluding carboxylic acids is 2. The lowest BCUT2D eigenvalue weighted by molar-refractivity contribution is -0.136. The number of rotatable bonds is 6. The summed E-state index contributed by atoms with van der Waals surface area (Å²) in [4.78, 5) is 31.8. The third-order valence-corrected chi connectivity index (χ3v) is 6.10. The molecule has 9 nitrogen and oxygen atoms in total. The average molecular weight is 507 g/mol. The number of benzene rings is 2. The smallest absolute Gasteiger partial charge is 0.247 e. The summed E-state index contributed by atoms with van der Waals surface area (Å²) < 4.78 is 5.60. The minimum Gasteiger partial charge on any atom is -0.461 e. The summed E-state index contributed by atoms with van der Waals surface area (Å²) in [6.45, 7) is 2.65. The molecule has 3 N–H and O–H groups in total. The van der Waals surface area contributed by atoms with Crippen LogP contribution in [-0.2, 0) is 16.1 Å². The third kappa shape index (κ3) is 6.55. The lowest BCUT2D eigenvalue weighted by Crippen LogP contribution is -2.44. The first-order valence-corrected chi connectivity index (χ1v) is 12.1. The molecule has 0 aliphatic carbocycles. The van der Waals surface area contributed by atoms with Crippen molar-refractivity contribution >= 4 is 46.0 Å². The molecule has 0 bridgehead atoms. The number of aryl methyl sites for hydroxylation is 1. The van der Waals surface area contributed by atoms with E-state index in [4.69, 9.17) is 16.0 Å². The predicted molar refractivity (Wildman–Crippen MR) is 138 cm³/mol. The number of furan rings is 1. The molecule has 2 amide bonds. The summed E-state index contributed by atoms with van der Waals surface area (Å²) in [5.74, 6) is 0.478. The first-order valence-electron chi connectivity index (χ1n) is 11.7. The maximum atomic E-state index is 13.2. The molecular weight excluding hydrogens is 480 g/mol. The van der Waals surface area contributed by atoms with Crippen LogP contribution >= 0.6 is 11.6 Å². The van der Waals surface area contributed by atoms with Gasteiger partial charge in [-0.1, -0.05) is 23.7 Å². The quantitative estimate of drug-likeness (QED) is 0.201. The lowest BCUT2D eigenvalue weighted by Gasteiger charge is -2.22. The number of amides is 2. The number of fused-ring (bicyclic) bond motifs is 1. The van der Waals surface area contributed by atoms with Gasteiger partial charge in [0.05, 0.1) is 6.54 Å². The van der Waals surface area contributed by atoms with E-state index in [0.29, 0.717) is 30.2 Å². The summed E-state index contributed by atoms with van der Waals surface area (Å²) >= 11 is 5.90. The molecule has 2 heterocycles. The molecule has 1 fully saturated rings. The number of likely N-dealkylation sites (tertiary alicyclic amines) is 1. The molecular formula is C26H27ClN6O3. The zero-order valence-corrected chi connectivity index (χ0v) is 20.6. The van der Waals surface area contributed by atoms with Crippen molar-refractivity contribution in [1.82, 2.24) is 15.5 Å². The van der Waals surface area contributed by atoms with E-state index in [1.54, 1.807) is 12.1 Å². The van der Waals surface area contributed by atoms with Crippen molar-refractivity contribution in [3.63, 3.8) is 0 Å². The molecule has 1 saturated heterocycles. The summed E-state index contributed by atoms with van der Waals surface area (Å²) in [6.07, 6.45) is 3.95. The Morgan fingerprint density at radius 1 is 1.22 bits per heavy atom. The second-order valence-corrected chi connectivity index (χ2v) is 9.06. The van der Waals surface area contributed by atoms with Crippen molar-refractivity contribution in [2.45, 2.75) is 38.8 Å². The van der Waals surface area contributed by atoms with E-state index in [-0.39, 0.29) is 24.3 Å². The van der Waals surface area contributed by atoms with E-state index in [2.05, 4.69) is 20.9 Å². The molecule has 1 aromatic heterocycles. The van der Waals surface area contributed by atoms with Crippen LogP contribution < -0.4 is 16.0 Å². The van der Waals surface area contributed by atoms with Crippen LogP contribution in [0, 0.1) is 18.4 Å². The Kier molecular flexibility index (Phi) is 8.08. The average Bonchev–Trinajstić information content (AvgIpc) is 3.15. The fraction of sp³-hybridized carbons (Fsp3) is 0.308. The molecule has 1 atom stereocenters. The predicted octanol–water partition coefficient (Wildman–Crippen LogP) is 3.93. The largest absolute Gasteiger partial charge is 0.461 e. The van der Waals surface area contributed by atoms with Crippen LogP contribution in [0.4, 0.5) is 5.69 Å². The van der Waals surface area contributed by atoms with Gasteiger partial charge in [0.1, 0.15) is 17.4 Å². The van der Waals surface area contributed by atoms with Gasteiger partial charge in [-0.15, -0.1) is 0 Å². The summed E-state index contributed by atoms with van der Waals surface area (Å²) in [5, 5.41) is 19.2. The van der Waals surface area contributed by atoms with Gasteiger partial charge in [-0.25, -0.2) is 4.99 Å². The van der Waals surface area contributed by atoms with Crippen molar-refractivity contribution in [2.75, 3.05) is 18.4 Å². The Morgan fingerprint density at radius 2 is 2.03 bits per heavy atom. The zero-order valence-electron chi connectivity index (χ0n) is 19.9. The molecule has 0 saturated carbocycles. The van der Waals surface area contributed by atoms with Gasteiger partial charge in [-0.3, -0.25) is 14.9 Å². The van der Waals surface area contributed by atoms with Crippen molar-refractivity contribution < 1.29 is 14.0 Å². The number of halogens is 1. The van der Waals surface area contributed by atoms with E-state index >= 15 is 0 Å². The Balaban J connectivity index is 1.42. The Bertz CT molecular complexity index is 1310. The standard InChI is InChI=1S/C26H27ClN6O3/c1-17-12-19-13-21(9-10-23(19)36-17)31-26(30-16-28)32-22-4-2-3-11-33(25(22)35)15-24(34)29-14-18-5-7-20(27)8-6-18/h5-10,12-13,22H,2-4,11,14-15H2,1H3,(H,29,34)(H2,30,31,32)/t22-/m0/s1. The number of guanidine groups is 1. The van der Waals surface area contributed by atoms with Gasteiger partial charge in [0, 0.05) is 29.2 Å². The number of anilines is 1. The summed E-state index contributed by atoms with van der Waals surface area (Å²) in [5.41, 5.74) is 2.37. The van der Waals surface area contributed by atoms with Gasteiger partial charge < -0.3 is 20.0 Å². The molecule has 0 unspecified atom stereocenters. The molecule has 186 valence electrons. The highest BCUT2D eigenvalue weighted by Gasteiger charge is 2.28. The Morgan fingerprint density at radius 3 is 2.81 bits per heavy atom. The van der Waals surface area contributed by atoms with Gasteiger partial charge in [0.15, 0.2) is 6.19 Å². The number of aliphatic imine (C=N–C) groups is 1. The monoisotopic (exact) mass is 506 g/mol. The van der Waals surface area contributed by atoms with E-state index in [0.717, 1.165) is 35.1 Å².